The molecule has 4 aromatic heterocycles. The zero-order valence-corrected chi connectivity index (χ0v) is 31.2. The number of hydrogen-bond donors (Lipinski definition) is 0. The van der Waals surface area contributed by atoms with Crippen LogP contribution in [0.25, 0.3) is 115 Å². The highest BCUT2D eigenvalue weighted by molar-refractivity contribution is 7.25. The molecule has 0 spiro atoms. The largest absolute Gasteiger partial charge is 0.455 e. The summed E-state index contributed by atoms with van der Waals surface area (Å²) in [6, 6.07) is 63.8. The standard InChI is InChI=1S/C51H30N4OS/c1-3-13-31(14-4-1)41-29-35(55-43-20-10-7-17-36(43)37-18-8-11-21-44(37)55)30-42-38-25-23-33(27-45(38)56-48(41)42)50-52-49(32-15-5-2-6-16-32)53-51(54-50)34-24-26-40-39-19-9-12-22-46(39)57-47(40)28-34/h1-30H. The number of furan rings is 1. The van der Waals surface area contributed by atoms with E-state index in [1.165, 1.54) is 42.0 Å². The van der Waals surface area contributed by atoms with Crippen molar-refractivity contribution in [3.8, 4) is 51.0 Å². The van der Waals surface area contributed by atoms with Crippen molar-refractivity contribution >= 4 is 75.3 Å². The molecule has 0 saturated carbocycles. The van der Waals surface area contributed by atoms with Crippen LogP contribution in [0.15, 0.2) is 186 Å². The molecule has 8 aromatic carbocycles. The average Bonchev–Trinajstić information content (AvgIpc) is 3.95. The lowest BCUT2D eigenvalue weighted by molar-refractivity contribution is 0.670. The Bertz CT molecular complexity index is 3470. The minimum atomic E-state index is 0.590. The molecule has 57 heavy (non-hydrogen) atoms. The van der Waals surface area contributed by atoms with Gasteiger partial charge >= 0.3 is 0 Å². The van der Waals surface area contributed by atoms with E-state index in [0.29, 0.717) is 17.5 Å². The number of benzene rings is 8. The van der Waals surface area contributed by atoms with Crippen molar-refractivity contribution in [2.45, 2.75) is 0 Å². The van der Waals surface area contributed by atoms with Gasteiger partial charge in [0.15, 0.2) is 17.5 Å². The van der Waals surface area contributed by atoms with Gasteiger partial charge in [-0.05, 0) is 54.1 Å². The third kappa shape index (κ3) is 5.12. The molecule has 0 aliphatic heterocycles. The molecule has 6 heteroatoms. The van der Waals surface area contributed by atoms with Gasteiger partial charge in [0.25, 0.3) is 0 Å². The minimum absolute atomic E-state index is 0.590. The number of para-hydroxylation sites is 2. The Balaban J connectivity index is 1.06. The Labute approximate surface area is 330 Å². The first-order valence-electron chi connectivity index (χ1n) is 19.0. The van der Waals surface area contributed by atoms with Crippen molar-refractivity contribution in [1.82, 2.24) is 19.5 Å². The van der Waals surface area contributed by atoms with Crippen LogP contribution >= 0.6 is 11.3 Å². The Hall–Kier alpha value is -7.41. The molecule has 0 N–H and O–H groups in total. The lowest BCUT2D eigenvalue weighted by Crippen LogP contribution is -2.00. The highest BCUT2D eigenvalue weighted by atomic mass is 32.1. The van der Waals surface area contributed by atoms with E-state index in [0.717, 1.165) is 55.4 Å². The summed E-state index contributed by atoms with van der Waals surface area (Å²) in [5.41, 5.74) is 9.89. The first-order chi connectivity index (χ1) is 28.2. The Morgan fingerprint density at radius 1 is 0.386 bits per heavy atom. The van der Waals surface area contributed by atoms with Gasteiger partial charge in [0.05, 0.1) is 11.0 Å². The summed E-state index contributed by atoms with van der Waals surface area (Å²) in [6.45, 7) is 0. The fourth-order valence-corrected chi connectivity index (χ4v) is 9.52. The molecule has 0 bridgehead atoms. The van der Waals surface area contributed by atoms with Crippen LogP contribution < -0.4 is 0 Å². The molecule has 266 valence electrons. The lowest BCUT2D eigenvalue weighted by atomic mass is 10.0. The number of nitrogens with zero attached hydrogens (tertiary/aromatic N) is 4. The summed E-state index contributed by atoms with van der Waals surface area (Å²) in [6.07, 6.45) is 0. The minimum Gasteiger partial charge on any atom is -0.455 e. The monoisotopic (exact) mass is 746 g/mol. The first-order valence-corrected chi connectivity index (χ1v) is 19.8. The molecular formula is C51H30N4OS. The van der Waals surface area contributed by atoms with Crippen LogP contribution in [-0.4, -0.2) is 19.5 Å². The number of aromatic nitrogens is 4. The molecule has 0 unspecified atom stereocenters. The van der Waals surface area contributed by atoms with E-state index in [4.69, 9.17) is 19.4 Å². The zero-order chi connectivity index (χ0) is 37.5. The molecule has 0 amide bonds. The zero-order valence-electron chi connectivity index (χ0n) is 30.4. The van der Waals surface area contributed by atoms with Crippen molar-refractivity contribution in [1.29, 1.82) is 0 Å². The second kappa shape index (κ2) is 12.6. The van der Waals surface area contributed by atoms with Gasteiger partial charge in [-0.2, -0.15) is 0 Å². The molecule has 4 heterocycles. The fourth-order valence-electron chi connectivity index (χ4n) is 8.38. The maximum absolute atomic E-state index is 6.88. The molecule has 0 radical (unpaired) electrons. The van der Waals surface area contributed by atoms with E-state index in [2.05, 4.69) is 156 Å². The summed E-state index contributed by atoms with van der Waals surface area (Å²) in [5.74, 6) is 1.84. The van der Waals surface area contributed by atoms with Crippen LogP contribution in [0.5, 0.6) is 0 Å². The summed E-state index contributed by atoms with van der Waals surface area (Å²) < 4.78 is 11.7. The van der Waals surface area contributed by atoms with Gasteiger partial charge in [-0.25, -0.2) is 15.0 Å². The van der Waals surface area contributed by atoms with Crippen LogP contribution in [0.3, 0.4) is 0 Å². The fraction of sp³-hybridized carbons (Fsp3) is 0. The Kier molecular flexibility index (Phi) is 7.03. The smallest absolute Gasteiger partial charge is 0.164 e. The average molecular weight is 747 g/mol. The van der Waals surface area contributed by atoms with Crippen molar-refractivity contribution < 1.29 is 4.42 Å². The third-order valence-electron chi connectivity index (χ3n) is 11.0. The molecule has 0 aliphatic carbocycles. The van der Waals surface area contributed by atoms with E-state index in [1.54, 1.807) is 11.3 Å². The Morgan fingerprint density at radius 2 is 0.930 bits per heavy atom. The number of rotatable bonds is 5. The number of hydrogen-bond acceptors (Lipinski definition) is 5. The van der Waals surface area contributed by atoms with E-state index in [1.807, 2.05) is 30.3 Å². The molecule has 0 aliphatic rings. The predicted octanol–water partition coefficient (Wildman–Crippen LogP) is 13.9. The van der Waals surface area contributed by atoms with Gasteiger partial charge in [0, 0.05) is 69.7 Å². The molecule has 0 atom stereocenters. The summed E-state index contributed by atoms with van der Waals surface area (Å²) in [5, 5.41) is 7.04. The summed E-state index contributed by atoms with van der Waals surface area (Å²) in [7, 11) is 0. The van der Waals surface area contributed by atoms with E-state index >= 15 is 0 Å². The van der Waals surface area contributed by atoms with Gasteiger partial charge in [-0.1, -0.05) is 133 Å². The molecular weight excluding hydrogens is 717 g/mol. The predicted molar refractivity (Wildman–Crippen MR) is 236 cm³/mol. The van der Waals surface area contributed by atoms with Crippen LogP contribution in [0, 0.1) is 0 Å². The van der Waals surface area contributed by atoms with Crippen molar-refractivity contribution in [2.24, 2.45) is 0 Å². The van der Waals surface area contributed by atoms with Gasteiger partial charge in [-0.15, -0.1) is 11.3 Å². The first kappa shape index (κ1) is 31.9. The van der Waals surface area contributed by atoms with Crippen LogP contribution in [-0.2, 0) is 0 Å². The topological polar surface area (TPSA) is 56.7 Å². The third-order valence-corrected chi connectivity index (χ3v) is 12.2. The highest BCUT2D eigenvalue weighted by Crippen LogP contribution is 2.42. The maximum atomic E-state index is 6.88. The van der Waals surface area contributed by atoms with Crippen LogP contribution in [0.2, 0.25) is 0 Å². The summed E-state index contributed by atoms with van der Waals surface area (Å²) in [4.78, 5) is 15.2. The maximum Gasteiger partial charge on any atom is 0.164 e. The number of fused-ring (bicyclic) bond motifs is 9. The number of thiophene rings is 1. The molecule has 12 aromatic rings. The van der Waals surface area contributed by atoms with E-state index in [9.17, 15) is 0 Å². The lowest BCUT2D eigenvalue weighted by Gasteiger charge is -2.11. The molecule has 0 saturated heterocycles. The van der Waals surface area contributed by atoms with E-state index < -0.39 is 0 Å². The molecule has 12 rings (SSSR count). The van der Waals surface area contributed by atoms with Gasteiger partial charge in [-0.3, -0.25) is 0 Å². The summed E-state index contributed by atoms with van der Waals surface area (Å²) >= 11 is 1.79. The molecule has 0 fully saturated rings. The van der Waals surface area contributed by atoms with E-state index in [-0.39, 0.29) is 0 Å². The Morgan fingerprint density at radius 3 is 1.63 bits per heavy atom. The second-order valence-corrected chi connectivity index (χ2v) is 15.5. The van der Waals surface area contributed by atoms with Gasteiger partial charge in [0.1, 0.15) is 11.2 Å². The van der Waals surface area contributed by atoms with Crippen molar-refractivity contribution in [2.75, 3.05) is 0 Å². The SMILES string of the molecule is c1ccc(-c2nc(-c3ccc4c(c3)oc3c(-c5ccccc5)cc(-n5c6ccccc6c6ccccc65)cc34)nc(-c3ccc4c(c3)sc3ccccc34)n2)cc1. The normalized spacial score (nSPS) is 11.9. The quantitative estimate of drug-likeness (QED) is 0.176. The second-order valence-electron chi connectivity index (χ2n) is 14.4. The van der Waals surface area contributed by atoms with Crippen LogP contribution in [0.4, 0.5) is 0 Å². The van der Waals surface area contributed by atoms with Crippen molar-refractivity contribution in [3.63, 3.8) is 0 Å². The van der Waals surface area contributed by atoms with Gasteiger partial charge < -0.3 is 8.98 Å². The van der Waals surface area contributed by atoms with Crippen molar-refractivity contribution in [3.05, 3.63) is 182 Å². The molecule has 5 nitrogen and oxygen atoms in total. The van der Waals surface area contributed by atoms with Crippen LogP contribution in [0.1, 0.15) is 0 Å². The van der Waals surface area contributed by atoms with Gasteiger partial charge in [0.2, 0.25) is 0 Å². The highest BCUT2D eigenvalue weighted by Gasteiger charge is 2.20.